The zero-order valence-corrected chi connectivity index (χ0v) is 15.1. The molecule has 0 saturated carbocycles. The van der Waals surface area contributed by atoms with Gasteiger partial charge in [0.05, 0.1) is 0 Å². The average molecular weight is 365 g/mol. The van der Waals surface area contributed by atoms with Crippen LogP contribution >= 0.6 is 11.8 Å². The number of likely N-dealkylation sites (N-methyl/N-ethyl adjacent to an activating group) is 1. The molecule has 0 bridgehead atoms. The van der Waals surface area contributed by atoms with Gasteiger partial charge in [-0.15, -0.1) is 0 Å². The Morgan fingerprint density at radius 1 is 1.08 bits per heavy atom. The largest absolute Gasteiger partial charge is 0.346 e. The molecule has 2 N–H and O–H groups in total. The minimum atomic E-state index is -0.477. The number of carbonyl (C=O) groups excluding carboxylic acids is 2. The quantitative estimate of drug-likeness (QED) is 0.765. The molecule has 132 valence electrons. The van der Waals surface area contributed by atoms with Crippen LogP contribution in [0.1, 0.15) is 22.4 Å². The van der Waals surface area contributed by atoms with Crippen molar-refractivity contribution < 1.29 is 9.59 Å². The molecule has 1 aromatic heterocycles. The van der Waals surface area contributed by atoms with Crippen LogP contribution < -0.4 is 5.73 Å². The monoisotopic (exact) mass is 365 g/mol. The molecule has 0 aliphatic carbocycles. The zero-order chi connectivity index (χ0) is 18.3. The molecule has 1 aliphatic rings. The van der Waals surface area contributed by atoms with Gasteiger partial charge in [-0.05, 0) is 35.0 Å². The van der Waals surface area contributed by atoms with E-state index >= 15 is 0 Å². The maximum atomic E-state index is 12.4. The normalized spacial score (nSPS) is 18.7. The molecule has 1 aliphatic heterocycles. The summed E-state index contributed by atoms with van der Waals surface area (Å²) in [7, 11) is 1.53. The van der Waals surface area contributed by atoms with Crippen LogP contribution in [0.2, 0.25) is 0 Å². The van der Waals surface area contributed by atoms with Crippen LogP contribution in [0.3, 0.4) is 0 Å². The lowest BCUT2D eigenvalue weighted by Gasteiger charge is -2.15. The molecule has 1 fully saturated rings. The summed E-state index contributed by atoms with van der Waals surface area (Å²) in [5.74, 6) is -0.166. The number of rotatable bonds is 4. The van der Waals surface area contributed by atoms with Crippen molar-refractivity contribution in [3.8, 4) is 0 Å². The molecule has 2 aromatic carbocycles. The minimum Gasteiger partial charge on any atom is -0.346 e. The summed E-state index contributed by atoms with van der Waals surface area (Å²) in [4.78, 5) is 25.4. The van der Waals surface area contributed by atoms with Crippen LogP contribution in [-0.2, 0) is 11.3 Å². The summed E-state index contributed by atoms with van der Waals surface area (Å²) in [5, 5.41) is 0.305. The van der Waals surface area contributed by atoms with Crippen molar-refractivity contribution in [3.05, 3.63) is 71.9 Å². The second kappa shape index (κ2) is 6.63. The third kappa shape index (κ3) is 2.81. The fraction of sp³-hybridized carbons (Fsp3) is 0.200. The van der Waals surface area contributed by atoms with Gasteiger partial charge in [0.2, 0.25) is 5.91 Å². The second-order valence-electron chi connectivity index (χ2n) is 6.43. The van der Waals surface area contributed by atoms with Gasteiger partial charge >= 0.3 is 0 Å². The van der Waals surface area contributed by atoms with Crippen molar-refractivity contribution in [1.82, 2.24) is 9.47 Å². The van der Waals surface area contributed by atoms with E-state index < -0.39 is 5.25 Å². The minimum absolute atomic E-state index is 0.120. The molecule has 0 radical (unpaired) electrons. The number of nitrogens with two attached hydrogens (primary N) is 1. The molecule has 2 heterocycles. The van der Waals surface area contributed by atoms with Gasteiger partial charge in [0.15, 0.2) is 0 Å². The van der Waals surface area contributed by atoms with Crippen molar-refractivity contribution >= 4 is 33.8 Å². The van der Waals surface area contributed by atoms with Gasteiger partial charge in [0.1, 0.15) is 5.25 Å². The number of fused-ring (bicyclic) bond motifs is 1. The molecule has 1 saturated heterocycles. The number of carbonyl (C=O) groups is 2. The molecule has 2 amide bonds. The van der Waals surface area contributed by atoms with E-state index in [4.69, 9.17) is 5.73 Å². The zero-order valence-electron chi connectivity index (χ0n) is 14.3. The topological polar surface area (TPSA) is 68.3 Å². The summed E-state index contributed by atoms with van der Waals surface area (Å²) in [6.07, 6.45) is 1.99. The van der Waals surface area contributed by atoms with Crippen molar-refractivity contribution in [2.24, 2.45) is 5.73 Å². The van der Waals surface area contributed by atoms with Crippen LogP contribution in [0.4, 0.5) is 4.79 Å². The smallest absolute Gasteiger partial charge is 0.289 e. The number of imide groups is 1. The van der Waals surface area contributed by atoms with E-state index in [2.05, 4.69) is 4.57 Å². The van der Waals surface area contributed by atoms with E-state index in [1.165, 1.54) is 11.9 Å². The van der Waals surface area contributed by atoms with Crippen molar-refractivity contribution in [3.63, 3.8) is 0 Å². The molecule has 4 rings (SSSR count). The van der Waals surface area contributed by atoms with Gasteiger partial charge in [-0.2, -0.15) is 0 Å². The maximum Gasteiger partial charge on any atom is 0.289 e. The van der Waals surface area contributed by atoms with Crippen LogP contribution in [0, 0.1) is 0 Å². The number of hydrogen-bond acceptors (Lipinski definition) is 4. The van der Waals surface area contributed by atoms with Gasteiger partial charge < -0.3 is 10.3 Å². The first-order valence-electron chi connectivity index (χ1n) is 8.42. The number of thioether (sulfide) groups is 1. The SMILES string of the molecule is CN1C(=O)SC(c2cccc3c2ccn3CC(N)c2ccccc2)C1=O. The van der Waals surface area contributed by atoms with E-state index in [1.54, 1.807) is 0 Å². The van der Waals surface area contributed by atoms with E-state index in [0.717, 1.165) is 33.8 Å². The Morgan fingerprint density at radius 3 is 2.54 bits per heavy atom. The van der Waals surface area contributed by atoms with Crippen molar-refractivity contribution in [1.29, 1.82) is 0 Å². The molecule has 26 heavy (non-hydrogen) atoms. The lowest BCUT2D eigenvalue weighted by atomic mass is 10.1. The number of aromatic nitrogens is 1. The summed E-state index contributed by atoms with van der Waals surface area (Å²) < 4.78 is 2.10. The standard InChI is InChI=1S/C20H19N3O2S/c1-22-19(24)18(26-20(22)25)15-8-5-9-17-14(15)10-11-23(17)12-16(21)13-6-3-2-4-7-13/h2-11,16,18H,12,21H2,1H3. The van der Waals surface area contributed by atoms with E-state index in [0.29, 0.717) is 6.54 Å². The van der Waals surface area contributed by atoms with E-state index in [-0.39, 0.29) is 17.2 Å². The Hall–Kier alpha value is -2.57. The number of amides is 2. The third-order valence-corrected chi connectivity index (χ3v) is 5.97. The van der Waals surface area contributed by atoms with Crippen LogP contribution in [0.25, 0.3) is 10.9 Å². The van der Waals surface area contributed by atoms with Crippen molar-refractivity contribution in [2.45, 2.75) is 17.8 Å². The van der Waals surface area contributed by atoms with Crippen molar-refractivity contribution in [2.75, 3.05) is 7.05 Å². The number of nitrogens with zero attached hydrogens (tertiary/aromatic N) is 2. The first-order chi connectivity index (χ1) is 12.6. The fourth-order valence-electron chi connectivity index (χ4n) is 3.35. The number of benzene rings is 2. The second-order valence-corrected chi connectivity index (χ2v) is 7.48. The lowest BCUT2D eigenvalue weighted by molar-refractivity contribution is -0.125. The number of hydrogen-bond donors (Lipinski definition) is 1. The van der Waals surface area contributed by atoms with Crippen LogP contribution in [-0.4, -0.2) is 27.7 Å². The average Bonchev–Trinajstić information content (AvgIpc) is 3.19. The Morgan fingerprint density at radius 2 is 1.85 bits per heavy atom. The van der Waals surface area contributed by atoms with Crippen LogP contribution in [0.15, 0.2) is 60.8 Å². The molecule has 0 spiro atoms. The maximum absolute atomic E-state index is 12.4. The van der Waals surface area contributed by atoms with Crippen LogP contribution in [0.5, 0.6) is 0 Å². The third-order valence-electron chi connectivity index (χ3n) is 4.80. The van der Waals surface area contributed by atoms with Gasteiger partial charge in [-0.3, -0.25) is 14.5 Å². The molecular weight excluding hydrogens is 346 g/mol. The lowest BCUT2D eigenvalue weighted by Crippen LogP contribution is -2.24. The Bertz CT molecular complexity index is 983. The van der Waals surface area contributed by atoms with Gasteiger partial charge in [-0.25, -0.2) is 0 Å². The Balaban J connectivity index is 1.68. The van der Waals surface area contributed by atoms with Gasteiger partial charge in [0.25, 0.3) is 5.24 Å². The summed E-state index contributed by atoms with van der Waals surface area (Å²) in [6, 6.07) is 17.7. The molecule has 2 unspecified atom stereocenters. The highest BCUT2D eigenvalue weighted by atomic mass is 32.2. The predicted molar refractivity (Wildman–Crippen MR) is 104 cm³/mol. The first kappa shape index (κ1) is 16.9. The first-order valence-corrected chi connectivity index (χ1v) is 9.30. The fourth-order valence-corrected chi connectivity index (χ4v) is 4.39. The van der Waals surface area contributed by atoms with E-state index in [9.17, 15) is 9.59 Å². The molecule has 6 heteroatoms. The van der Waals surface area contributed by atoms with Gasteiger partial charge in [0, 0.05) is 36.7 Å². The Kier molecular flexibility index (Phi) is 4.30. The summed E-state index contributed by atoms with van der Waals surface area (Å²) in [5.41, 5.74) is 9.34. The Labute approximate surface area is 155 Å². The van der Waals surface area contributed by atoms with E-state index in [1.807, 2.05) is 60.8 Å². The predicted octanol–water partition coefficient (Wildman–Crippen LogP) is 3.71. The molecular formula is C20H19N3O2S. The summed E-state index contributed by atoms with van der Waals surface area (Å²) in [6.45, 7) is 0.640. The molecule has 3 aromatic rings. The molecule has 5 nitrogen and oxygen atoms in total. The highest BCUT2D eigenvalue weighted by Crippen LogP contribution is 2.41. The van der Waals surface area contributed by atoms with Gasteiger partial charge in [-0.1, -0.05) is 42.5 Å². The highest BCUT2D eigenvalue weighted by molar-refractivity contribution is 8.15. The highest BCUT2D eigenvalue weighted by Gasteiger charge is 2.39. The summed E-state index contributed by atoms with van der Waals surface area (Å²) >= 11 is 1.07. The molecule has 2 atom stereocenters.